The number of imidazole rings is 1. The predicted octanol–water partition coefficient (Wildman–Crippen LogP) is 1.37. The molecule has 0 saturated heterocycles. The quantitative estimate of drug-likeness (QED) is 0.760. The molecule has 3 heterocycles. The van der Waals surface area contributed by atoms with Crippen molar-refractivity contribution in [2.24, 2.45) is 12.8 Å². The highest BCUT2D eigenvalue weighted by atomic mass is 32.1. The summed E-state index contributed by atoms with van der Waals surface area (Å²) in [6, 6.07) is 1.85. The van der Waals surface area contributed by atoms with Crippen molar-refractivity contribution in [3.05, 3.63) is 41.4 Å². The fraction of sp³-hybridized carbons (Fsp3) is 0.273. The Morgan fingerprint density at radius 3 is 3.06 bits per heavy atom. The van der Waals surface area contributed by atoms with Gasteiger partial charge in [0.25, 0.3) is 0 Å². The third kappa shape index (κ3) is 1.96. The summed E-state index contributed by atoms with van der Waals surface area (Å²) < 4.78 is 3.78. The highest BCUT2D eigenvalue weighted by Crippen LogP contribution is 2.16. The lowest BCUT2D eigenvalue weighted by atomic mass is 10.1. The van der Waals surface area contributed by atoms with E-state index in [4.69, 9.17) is 5.73 Å². The van der Waals surface area contributed by atoms with Gasteiger partial charge in [-0.25, -0.2) is 4.98 Å². The van der Waals surface area contributed by atoms with Crippen LogP contribution in [0.25, 0.3) is 4.96 Å². The molecule has 0 bridgehead atoms. The molecule has 0 spiro atoms. The normalized spacial score (nSPS) is 13.3. The van der Waals surface area contributed by atoms with Gasteiger partial charge in [0.2, 0.25) is 0 Å². The van der Waals surface area contributed by atoms with Crippen LogP contribution in [0, 0.1) is 0 Å². The summed E-state index contributed by atoms with van der Waals surface area (Å²) in [5.74, 6) is 0. The maximum atomic E-state index is 6.11. The molecule has 3 rings (SSSR count). The second-order valence-electron chi connectivity index (χ2n) is 4.05. The molecule has 0 aliphatic rings. The lowest BCUT2D eigenvalue weighted by Gasteiger charge is -2.05. The Morgan fingerprint density at radius 2 is 2.35 bits per heavy atom. The molecule has 3 aromatic heterocycles. The molecule has 5 nitrogen and oxygen atoms in total. The van der Waals surface area contributed by atoms with Crippen molar-refractivity contribution in [2.75, 3.05) is 0 Å². The second kappa shape index (κ2) is 3.97. The maximum Gasteiger partial charge on any atom is 0.193 e. The standard InChI is InChI=1S/C11H13N5S/c1-15-3-2-10(14-15)9(12)6-8-7-16-4-5-17-11(16)13-8/h2-5,7,9H,6,12H2,1H3. The monoisotopic (exact) mass is 247 g/mol. The van der Waals surface area contributed by atoms with Crippen molar-refractivity contribution in [3.8, 4) is 0 Å². The Balaban J connectivity index is 1.80. The third-order valence-electron chi connectivity index (χ3n) is 2.69. The smallest absolute Gasteiger partial charge is 0.193 e. The first-order chi connectivity index (χ1) is 8.22. The van der Waals surface area contributed by atoms with E-state index in [9.17, 15) is 0 Å². The number of nitrogens with two attached hydrogens (primary N) is 1. The van der Waals surface area contributed by atoms with Crippen LogP contribution in [0.5, 0.6) is 0 Å². The van der Waals surface area contributed by atoms with Gasteiger partial charge in [0, 0.05) is 37.4 Å². The molecule has 0 amide bonds. The molecule has 1 unspecified atom stereocenters. The zero-order valence-corrected chi connectivity index (χ0v) is 10.3. The molecule has 3 aromatic rings. The molecule has 0 aliphatic carbocycles. The molecule has 6 heteroatoms. The van der Waals surface area contributed by atoms with Gasteiger partial charge in [0.05, 0.1) is 17.4 Å². The van der Waals surface area contributed by atoms with Crippen molar-refractivity contribution >= 4 is 16.3 Å². The molecule has 0 aromatic carbocycles. The molecule has 1 atom stereocenters. The van der Waals surface area contributed by atoms with Crippen molar-refractivity contribution in [1.82, 2.24) is 19.2 Å². The van der Waals surface area contributed by atoms with E-state index >= 15 is 0 Å². The molecule has 0 aliphatic heterocycles. The summed E-state index contributed by atoms with van der Waals surface area (Å²) >= 11 is 1.63. The summed E-state index contributed by atoms with van der Waals surface area (Å²) in [7, 11) is 1.89. The van der Waals surface area contributed by atoms with E-state index in [-0.39, 0.29) is 6.04 Å². The Labute approximate surface area is 103 Å². The van der Waals surface area contributed by atoms with Gasteiger partial charge in [-0.15, -0.1) is 11.3 Å². The Hall–Kier alpha value is -1.66. The summed E-state index contributed by atoms with van der Waals surface area (Å²) in [5, 5.41) is 6.33. The van der Waals surface area contributed by atoms with Crippen LogP contribution >= 0.6 is 11.3 Å². The first kappa shape index (κ1) is 10.5. The van der Waals surface area contributed by atoms with Crippen LogP contribution in [-0.2, 0) is 13.5 Å². The molecular weight excluding hydrogens is 234 g/mol. The molecule has 0 fully saturated rings. The van der Waals surface area contributed by atoms with Crippen molar-refractivity contribution in [2.45, 2.75) is 12.5 Å². The zero-order valence-electron chi connectivity index (χ0n) is 9.45. The lowest BCUT2D eigenvalue weighted by Crippen LogP contribution is -2.14. The van der Waals surface area contributed by atoms with Crippen molar-refractivity contribution < 1.29 is 0 Å². The number of rotatable bonds is 3. The van der Waals surface area contributed by atoms with E-state index in [0.717, 1.165) is 16.3 Å². The lowest BCUT2D eigenvalue weighted by molar-refractivity contribution is 0.651. The molecule has 17 heavy (non-hydrogen) atoms. The van der Waals surface area contributed by atoms with Gasteiger partial charge in [-0.1, -0.05) is 0 Å². The predicted molar refractivity (Wildman–Crippen MR) is 66.9 cm³/mol. The Bertz CT molecular complexity index is 606. The van der Waals surface area contributed by atoms with Crippen LogP contribution in [-0.4, -0.2) is 19.2 Å². The molecule has 0 saturated carbocycles. The minimum atomic E-state index is -0.0965. The summed E-state index contributed by atoms with van der Waals surface area (Å²) in [6.07, 6.45) is 6.64. The Morgan fingerprint density at radius 1 is 1.47 bits per heavy atom. The number of aromatic nitrogens is 4. The van der Waals surface area contributed by atoms with Gasteiger partial charge >= 0.3 is 0 Å². The number of aryl methyl sites for hydroxylation is 1. The molecule has 88 valence electrons. The van der Waals surface area contributed by atoms with E-state index in [1.54, 1.807) is 16.0 Å². The summed E-state index contributed by atoms with van der Waals surface area (Å²) in [5.41, 5.74) is 8.02. The topological polar surface area (TPSA) is 61.1 Å². The van der Waals surface area contributed by atoms with E-state index in [0.29, 0.717) is 6.42 Å². The van der Waals surface area contributed by atoms with Gasteiger partial charge in [0.15, 0.2) is 4.96 Å². The summed E-state index contributed by atoms with van der Waals surface area (Å²) in [4.78, 5) is 5.52. The minimum absolute atomic E-state index is 0.0965. The number of fused-ring (bicyclic) bond motifs is 1. The summed E-state index contributed by atoms with van der Waals surface area (Å²) in [6.45, 7) is 0. The number of thiazole rings is 1. The van der Waals surface area contributed by atoms with Crippen molar-refractivity contribution in [3.63, 3.8) is 0 Å². The first-order valence-electron chi connectivity index (χ1n) is 5.38. The SMILES string of the molecule is Cn1ccc(C(N)Cc2cn3ccsc3n2)n1. The maximum absolute atomic E-state index is 6.11. The third-order valence-corrected chi connectivity index (χ3v) is 3.46. The second-order valence-corrected chi connectivity index (χ2v) is 4.92. The first-order valence-corrected chi connectivity index (χ1v) is 6.26. The van der Waals surface area contributed by atoms with Gasteiger partial charge in [-0.3, -0.25) is 9.08 Å². The van der Waals surface area contributed by atoms with E-state index in [1.807, 2.05) is 41.5 Å². The van der Waals surface area contributed by atoms with Crippen LogP contribution in [0.2, 0.25) is 0 Å². The van der Waals surface area contributed by atoms with E-state index < -0.39 is 0 Å². The number of nitrogens with zero attached hydrogens (tertiary/aromatic N) is 4. The largest absolute Gasteiger partial charge is 0.322 e. The van der Waals surface area contributed by atoms with E-state index in [1.165, 1.54) is 0 Å². The van der Waals surface area contributed by atoms with Crippen LogP contribution in [0.3, 0.4) is 0 Å². The average Bonchev–Trinajstić information content (AvgIpc) is 2.92. The van der Waals surface area contributed by atoms with E-state index in [2.05, 4.69) is 10.1 Å². The zero-order chi connectivity index (χ0) is 11.8. The molecule has 0 radical (unpaired) electrons. The molecular formula is C11H13N5S. The fourth-order valence-corrected chi connectivity index (χ4v) is 2.55. The fourth-order valence-electron chi connectivity index (χ4n) is 1.84. The number of hydrogen-bond acceptors (Lipinski definition) is 4. The van der Waals surface area contributed by atoms with Gasteiger partial charge in [-0.2, -0.15) is 5.10 Å². The van der Waals surface area contributed by atoms with Crippen LogP contribution < -0.4 is 5.73 Å². The van der Waals surface area contributed by atoms with Gasteiger partial charge in [-0.05, 0) is 6.07 Å². The average molecular weight is 247 g/mol. The van der Waals surface area contributed by atoms with Crippen LogP contribution in [0.4, 0.5) is 0 Å². The molecule has 2 N–H and O–H groups in total. The van der Waals surface area contributed by atoms with Gasteiger partial charge < -0.3 is 5.73 Å². The minimum Gasteiger partial charge on any atom is -0.322 e. The Kier molecular flexibility index (Phi) is 2.45. The van der Waals surface area contributed by atoms with Gasteiger partial charge in [0.1, 0.15) is 0 Å². The highest BCUT2D eigenvalue weighted by molar-refractivity contribution is 7.15. The van der Waals surface area contributed by atoms with Crippen molar-refractivity contribution in [1.29, 1.82) is 0 Å². The number of hydrogen-bond donors (Lipinski definition) is 1. The highest BCUT2D eigenvalue weighted by Gasteiger charge is 2.12. The van der Waals surface area contributed by atoms with Crippen LogP contribution in [0.15, 0.2) is 30.0 Å². The van der Waals surface area contributed by atoms with Crippen LogP contribution in [0.1, 0.15) is 17.4 Å².